The summed E-state index contributed by atoms with van der Waals surface area (Å²) in [5.74, 6) is -1.88. The number of hydrogen-bond acceptors (Lipinski definition) is 8. The molecule has 0 saturated carbocycles. The maximum absolute atomic E-state index is 11.2. The van der Waals surface area contributed by atoms with Crippen LogP contribution in [0, 0.1) is 0 Å². The van der Waals surface area contributed by atoms with Gasteiger partial charge in [-0.15, -0.1) is 0 Å². The van der Waals surface area contributed by atoms with Gasteiger partial charge in [0.1, 0.15) is 0 Å². The summed E-state index contributed by atoms with van der Waals surface area (Å²) >= 11 is 0. The molecule has 0 aliphatic heterocycles. The number of rotatable bonds is 20. The van der Waals surface area contributed by atoms with Crippen LogP contribution in [-0.2, 0) is 25.0 Å². The zero-order valence-electron chi connectivity index (χ0n) is 22.4. The van der Waals surface area contributed by atoms with Crippen LogP contribution < -0.4 is 10.4 Å². The molecular formula is C24H44CaN2O8S2. The number of allylic oxidation sites excluding steroid dienone is 2. The van der Waals surface area contributed by atoms with E-state index in [2.05, 4.69) is 24.2 Å². The molecule has 37 heavy (non-hydrogen) atoms. The summed E-state index contributed by atoms with van der Waals surface area (Å²) in [5.41, 5.74) is 0. The molecular weight excluding hydrogens is 548 g/mol. The van der Waals surface area contributed by atoms with Crippen molar-refractivity contribution in [2.75, 3.05) is 24.6 Å². The molecule has 13 heteroatoms. The summed E-state index contributed by atoms with van der Waals surface area (Å²) in [7, 11) is -8.27. The van der Waals surface area contributed by atoms with E-state index in [1.807, 2.05) is 0 Å². The Kier molecular flexibility index (Phi) is 30.0. The van der Waals surface area contributed by atoms with Gasteiger partial charge in [0.15, 0.2) is 0 Å². The summed E-state index contributed by atoms with van der Waals surface area (Å²) in [5, 5.41) is 13.5. The molecule has 0 atom stereocenters. The van der Waals surface area contributed by atoms with Gasteiger partial charge in [0.2, 0.25) is 5.91 Å². The molecule has 212 valence electrons. The first-order valence-electron chi connectivity index (χ1n) is 12.6. The van der Waals surface area contributed by atoms with Crippen LogP contribution in [0.2, 0.25) is 0 Å². The molecule has 0 unspecified atom stereocenters. The Morgan fingerprint density at radius 3 is 1.78 bits per heavy atom. The van der Waals surface area contributed by atoms with Crippen LogP contribution in [-0.4, -0.2) is 100 Å². The molecule has 0 aliphatic rings. The van der Waals surface area contributed by atoms with Crippen molar-refractivity contribution in [1.29, 1.82) is 0 Å². The summed E-state index contributed by atoms with van der Waals surface area (Å²) < 4.78 is 60.0. The van der Waals surface area contributed by atoms with Crippen LogP contribution in [0.5, 0.6) is 0 Å². The van der Waals surface area contributed by atoms with E-state index in [0.29, 0.717) is 0 Å². The van der Waals surface area contributed by atoms with Gasteiger partial charge < -0.3 is 20.0 Å². The molecule has 0 aliphatic carbocycles. The fourth-order valence-electron chi connectivity index (χ4n) is 2.79. The topological polar surface area (TPSA) is 176 Å². The zero-order valence-corrected chi connectivity index (χ0v) is 26.2. The first-order valence-corrected chi connectivity index (χ1v) is 15.8. The first kappa shape index (κ1) is 41.0. The number of carbonyl (C=O) groups excluding carboxylic acids is 1. The van der Waals surface area contributed by atoms with Gasteiger partial charge >= 0.3 is 37.7 Å². The summed E-state index contributed by atoms with van der Waals surface area (Å²) in [6, 6.07) is 0. The maximum atomic E-state index is 11.2. The van der Waals surface area contributed by atoms with Gasteiger partial charge in [0.05, 0.1) is 28.2 Å². The van der Waals surface area contributed by atoms with E-state index >= 15 is 0 Å². The third-order valence-corrected chi connectivity index (χ3v) is 6.15. The van der Waals surface area contributed by atoms with Gasteiger partial charge in [-0.05, 0) is 37.7 Å². The standard InChI is InChI=1S/2C12H23NO4S.Ca/c2*1-2-3-4-5-6-7-8-9-12(14)13-10-11-18(15,16)17;/h2*8-9H,2-7,10-11H2,1H3,(H,13,14)(H,15,16,17);/q;;+2/p-2/b2*9-8+;. The van der Waals surface area contributed by atoms with Crippen molar-refractivity contribution >= 4 is 69.8 Å². The van der Waals surface area contributed by atoms with Crippen molar-refractivity contribution in [1.82, 2.24) is 5.32 Å². The Balaban J connectivity index is -0.000000608. The van der Waals surface area contributed by atoms with Crippen molar-refractivity contribution in [3.8, 4) is 0 Å². The second-order valence-electron chi connectivity index (χ2n) is 8.27. The van der Waals surface area contributed by atoms with Crippen molar-refractivity contribution in [2.45, 2.75) is 90.9 Å². The molecule has 0 aromatic heterocycles. The van der Waals surface area contributed by atoms with Crippen LogP contribution >= 0.6 is 0 Å². The van der Waals surface area contributed by atoms with Gasteiger partial charge in [0, 0.05) is 6.54 Å². The minimum atomic E-state index is -4.28. The number of nitrogens with one attached hydrogen (secondary N) is 1. The molecule has 0 aromatic rings. The zero-order chi connectivity index (χ0) is 27.7. The predicted octanol–water partition coefficient (Wildman–Crippen LogP) is 2.73. The van der Waals surface area contributed by atoms with E-state index in [-0.39, 0.29) is 56.7 Å². The Hall–Kier alpha value is -0.500. The van der Waals surface area contributed by atoms with Gasteiger partial charge in [-0.1, -0.05) is 83.4 Å². The Morgan fingerprint density at radius 1 is 0.838 bits per heavy atom. The van der Waals surface area contributed by atoms with Crippen LogP contribution in [0.3, 0.4) is 0 Å². The molecule has 0 spiro atoms. The van der Waals surface area contributed by atoms with Crippen LogP contribution in [0.15, 0.2) is 29.3 Å². The van der Waals surface area contributed by atoms with E-state index < -0.39 is 37.6 Å². The van der Waals surface area contributed by atoms with Gasteiger partial charge in [-0.3, -0.25) is 9.35 Å². The smallest absolute Gasteiger partial charge is 0.859 e. The molecule has 1 amide bonds. The fourth-order valence-corrected chi connectivity index (χ4v) is 3.46. The summed E-state index contributed by atoms with van der Waals surface area (Å²) in [6.07, 6.45) is 19.7. The Bertz CT molecular complexity index is 858. The number of amides is 1. The van der Waals surface area contributed by atoms with E-state index in [0.717, 1.165) is 32.1 Å². The van der Waals surface area contributed by atoms with Crippen molar-refractivity contribution in [3.63, 3.8) is 0 Å². The van der Waals surface area contributed by atoms with Crippen LogP contribution in [0.4, 0.5) is 0 Å². The molecule has 2 N–H and O–H groups in total. The van der Waals surface area contributed by atoms with E-state index in [4.69, 9.17) is 4.55 Å². The van der Waals surface area contributed by atoms with Gasteiger partial charge in [0.25, 0.3) is 10.1 Å². The minimum absolute atomic E-state index is 0. The third kappa shape index (κ3) is 40.2. The van der Waals surface area contributed by atoms with E-state index in [9.17, 15) is 31.3 Å². The molecule has 0 rings (SSSR count). The quantitative estimate of drug-likeness (QED) is 0.0541. The first-order chi connectivity index (χ1) is 16.9. The summed E-state index contributed by atoms with van der Waals surface area (Å²) in [6.45, 7) is 3.99. The monoisotopic (exact) mass is 592 g/mol. The average molecular weight is 593 g/mol. The van der Waals surface area contributed by atoms with Crippen molar-refractivity contribution < 1.29 is 35.8 Å². The number of nitrogens with zero attached hydrogens (tertiary/aromatic N) is 1. The van der Waals surface area contributed by atoms with Crippen LogP contribution in [0.1, 0.15) is 90.9 Å². The normalized spacial score (nSPS) is 12.3. The number of hydrogen-bond donors (Lipinski definition) is 2. The second-order valence-corrected chi connectivity index (χ2v) is 11.4. The molecule has 0 aromatic carbocycles. The SMILES string of the molecule is CCCCCCC/C=C/C(=O)NCCS(=O)(=O)O.CCCCCCC/C=C/C([O-])=NCCS(=O)(=O)[O-].[Ca+2]. The number of aliphatic imine (C=N–C) groups is 1. The van der Waals surface area contributed by atoms with E-state index in [1.165, 1.54) is 57.1 Å². The molecule has 0 bridgehead atoms. The Labute approximate surface area is 254 Å². The minimum Gasteiger partial charge on any atom is -0.859 e. The molecule has 0 saturated heterocycles. The number of carbonyl (C=O) groups is 1. The fraction of sp³-hybridized carbons (Fsp3) is 0.750. The van der Waals surface area contributed by atoms with Crippen LogP contribution in [0.25, 0.3) is 0 Å². The predicted molar refractivity (Wildman–Crippen MR) is 147 cm³/mol. The van der Waals surface area contributed by atoms with E-state index in [1.54, 1.807) is 12.2 Å². The maximum Gasteiger partial charge on any atom is 2.00 e. The third-order valence-electron chi connectivity index (χ3n) is 4.75. The number of unbranched alkanes of at least 4 members (excludes halogenated alkanes) is 10. The van der Waals surface area contributed by atoms with Gasteiger partial charge in [-0.25, -0.2) is 8.42 Å². The van der Waals surface area contributed by atoms with Crippen molar-refractivity contribution in [2.24, 2.45) is 4.99 Å². The van der Waals surface area contributed by atoms with Gasteiger partial charge in [-0.2, -0.15) is 8.42 Å². The molecule has 0 radical (unpaired) electrons. The largest absolute Gasteiger partial charge is 2.00 e. The van der Waals surface area contributed by atoms with Crippen molar-refractivity contribution in [3.05, 3.63) is 24.3 Å². The Morgan fingerprint density at radius 2 is 1.32 bits per heavy atom. The average Bonchev–Trinajstić information content (AvgIpc) is 2.76. The summed E-state index contributed by atoms with van der Waals surface area (Å²) in [4.78, 5) is 14.6. The molecule has 0 heterocycles. The molecule has 0 fully saturated rings. The molecule has 10 nitrogen and oxygen atoms in total. The second kappa shape index (κ2) is 27.1.